The highest BCUT2D eigenvalue weighted by Gasteiger charge is 2.34. The van der Waals surface area contributed by atoms with E-state index in [0.717, 1.165) is 29.3 Å². The molecule has 0 aromatic carbocycles. The maximum atomic E-state index is 4.59. The van der Waals surface area contributed by atoms with Crippen molar-refractivity contribution in [1.82, 2.24) is 19.7 Å². The average molecular weight is 271 g/mol. The molecule has 0 spiro atoms. The number of rotatable bonds is 2. The van der Waals surface area contributed by atoms with E-state index >= 15 is 0 Å². The summed E-state index contributed by atoms with van der Waals surface area (Å²) in [6.45, 7) is 1.13. The van der Waals surface area contributed by atoms with E-state index in [1.807, 2.05) is 17.9 Å². The molecule has 2 aromatic heterocycles. The predicted octanol–water partition coefficient (Wildman–Crippen LogP) is 2.52. The van der Waals surface area contributed by atoms with E-state index in [2.05, 4.69) is 20.0 Å². The fourth-order valence-corrected chi connectivity index (χ4v) is 4.07. The molecule has 0 N–H and O–H groups in total. The summed E-state index contributed by atoms with van der Waals surface area (Å²) in [7, 11) is 1.94. The topological polar surface area (TPSA) is 46.8 Å². The van der Waals surface area contributed by atoms with Crippen LogP contribution < -0.4 is 4.90 Å². The highest BCUT2D eigenvalue weighted by atomic mass is 15.3. The first-order chi connectivity index (χ1) is 9.84. The van der Waals surface area contributed by atoms with Gasteiger partial charge in [0.2, 0.25) is 0 Å². The predicted molar refractivity (Wildman–Crippen MR) is 78.6 cm³/mol. The van der Waals surface area contributed by atoms with Gasteiger partial charge < -0.3 is 4.90 Å². The van der Waals surface area contributed by atoms with Gasteiger partial charge in [-0.2, -0.15) is 5.10 Å². The van der Waals surface area contributed by atoms with Crippen molar-refractivity contribution in [3.05, 3.63) is 12.5 Å². The molecule has 106 valence electrons. The first kappa shape index (κ1) is 12.1. The van der Waals surface area contributed by atoms with E-state index in [1.54, 1.807) is 6.33 Å². The molecular formula is C15H21N5. The quantitative estimate of drug-likeness (QED) is 0.842. The van der Waals surface area contributed by atoms with Crippen LogP contribution in [-0.2, 0) is 7.05 Å². The SMILES string of the molecule is Cn1ncc2c(N3CCC[C@@H]3C3CCCC3)ncnc21. The zero-order chi connectivity index (χ0) is 13.5. The van der Waals surface area contributed by atoms with Crippen LogP contribution in [0.3, 0.4) is 0 Å². The number of aryl methyl sites for hydroxylation is 1. The maximum Gasteiger partial charge on any atom is 0.163 e. The molecule has 4 rings (SSSR count). The summed E-state index contributed by atoms with van der Waals surface area (Å²) in [6, 6.07) is 0.677. The van der Waals surface area contributed by atoms with Gasteiger partial charge in [-0.1, -0.05) is 12.8 Å². The van der Waals surface area contributed by atoms with Crippen molar-refractivity contribution in [1.29, 1.82) is 0 Å². The van der Waals surface area contributed by atoms with Crippen LogP contribution in [0.15, 0.2) is 12.5 Å². The van der Waals surface area contributed by atoms with Gasteiger partial charge in [-0.25, -0.2) is 9.97 Å². The summed E-state index contributed by atoms with van der Waals surface area (Å²) in [6.07, 6.45) is 11.8. The number of hydrogen-bond donors (Lipinski definition) is 0. The maximum absolute atomic E-state index is 4.59. The molecule has 0 unspecified atom stereocenters. The molecule has 20 heavy (non-hydrogen) atoms. The molecule has 5 nitrogen and oxygen atoms in total. The van der Waals surface area contributed by atoms with Crippen LogP contribution in [0.1, 0.15) is 38.5 Å². The first-order valence-corrected chi connectivity index (χ1v) is 7.74. The molecule has 2 aliphatic rings. The summed E-state index contributed by atoms with van der Waals surface area (Å²) in [5.74, 6) is 1.96. The van der Waals surface area contributed by atoms with E-state index in [1.165, 1.54) is 38.5 Å². The van der Waals surface area contributed by atoms with Gasteiger partial charge in [0.05, 0.1) is 11.6 Å². The number of aromatic nitrogens is 4. The molecule has 5 heteroatoms. The fraction of sp³-hybridized carbons (Fsp3) is 0.667. The van der Waals surface area contributed by atoms with E-state index in [4.69, 9.17) is 0 Å². The van der Waals surface area contributed by atoms with E-state index in [9.17, 15) is 0 Å². The lowest BCUT2D eigenvalue weighted by Gasteiger charge is -2.30. The summed E-state index contributed by atoms with van der Waals surface area (Å²) in [5.41, 5.74) is 0.937. The van der Waals surface area contributed by atoms with Crippen LogP contribution in [0.5, 0.6) is 0 Å². The molecule has 0 bridgehead atoms. The van der Waals surface area contributed by atoms with Crippen LogP contribution in [0, 0.1) is 5.92 Å². The Morgan fingerprint density at radius 3 is 2.80 bits per heavy atom. The minimum absolute atomic E-state index is 0.677. The van der Waals surface area contributed by atoms with Crippen LogP contribution in [0.2, 0.25) is 0 Å². The van der Waals surface area contributed by atoms with Crippen molar-refractivity contribution in [2.45, 2.75) is 44.6 Å². The molecular weight excluding hydrogens is 250 g/mol. The Labute approximate surface area is 119 Å². The molecule has 1 aliphatic heterocycles. The molecule has 2 aromatic rings. The van der Waals surface area contributed by atoms with Crippen molar-refractivity contribution < 1.29 is 0 Å². The Kier molecular flexibility index (Phi) is 2.86. The highest BCUT2D eigenvalue weighted by Crippen LogP contribution is 2.38. The monoisotopic (exact) mass is 271 g/mol. The third-order valence-corrected chi connectivity index (χ3v) is 5.02. The van der Waals surface area contributed by atoms with Crippen molar-refractivity contribution in [2.75, 3.05) is 11.4 Å². The Morgan fingerprint density at radius 2 is 1.95 bits per heavy atom. The van der Waals surface area contributed by atoms with Gasteiger partial charge in [-0.15, -0.1) is 0 Å². The highest BCUT2D eigenvalue weighted by molar-refractivity contribution is 5.86. The summed E-state index contributed by atoms with van der Waals surface area (Å²) in [5, 5.41) is 5.43. The van der Waals surface area contributed by atoms with Gasteiger partial charge in [-0.05, 0) is 31.6 Å². The molecule has 3 heterocycles. The molecule has 2 fully saturated rings. The van der Waals surface area contributed by atoms with Crippen molar-refractivity contribution in [3.8, 4) is 0 Å². The van der Waals surface area contributed by atoms with Crippen LogP contribution in [0.4, 0.5) is 5.82 Å². The Morgan fingerprint density at radius 1 is 1.10 bits per heavy atom. The first-order valence-electron chi connectivity index (χ1n) is 7.74. The minimum Gasteiger partial charge on any atom is -0.353 e. The van der Waals surface area contributed by atoms with Crippen molar-refractivity contribution in [3.63, 3.8) is 0 Å². The van der Waals surface area contributed by atoms with Gasteiger partial charge in [0.15, 0.2) is 5.65 Å². The summed E-state index contributed by atoms with van der Waals surface area (Å²) in [4.78, 5) is 11.5. The van der Waals surface area contributed by atoms with Crippen LogP contribution in [-0.4, -0.2) is 32.3 Å². The molecule has 1 atom stereocenters. The number of fused-ring (bicyclic) bond motifs is 1. The van der Waals surface area contributed by atoms with Crippen LogP contribution >= 0.6 is 0 Å². The Balaban J connectivity index is 1.74. The second kappa shape index (κ2) is 4.72. The van der Waals surface area contributed by atoms with E-state index in [-0.39, 0.29) is 0 Å². The van der Waals surface area contributed by atoms with Crippen molar-refractivity contribution >= 4 is 16.9 Å². The smallest absolute Gasteiger partial charge is 0.163 e. The molecule has 1 saturated carbocycles. The third kappa shape index (κ3) is 1.79. The molecule has 1 aliphatic carbocycles. The van der Waals surface area contributed by atoms with Gasteiger partial charge in [0.25, 0.3) is 0 Å². The summed E-state index contributed by atoms with van der Waals surface area (Å²) >= 11 is 0. The van der Waals surface area contributed by atoms with Crippen LogP contribution in [0.25, 0.3) is 11.0 Å². The summed E-state index contributed by atoms with van der Waals surface area (Å²) < 4.78 is 1.83. The van der Waals surface area contributed by atoms with Gasteiger partial charge in [-0.3, -0.25) is 4.68 Å². The standard InChI is InChI=1S/C15H21N5/c1-19-14-12(9-18-19)15(17-10-16-14)20-8-4-7-13(20)11-5-2-3-6-11/h9-11,13H,2-8H2,1H3/t13-/m1/s1. The lowest BCUT2D eigenvalue weighted by atomic mass is 9.96. The van der Waals surface area contributed by atoms with E-state index in [0.29, 0.717) is 6.04 Å². The van der Waals surface area contributed by atoms with Gasteiger partial charge in [0.1, 0.15) is 12.1 Å². The Hall–Kier alpha value is -1.65. The van der Waals surface area contributed by atoms with Crippen molar-refractivity contribution in [2.24, 2.45) is 13.0 Å². The lowest BCUT2D eigenvalue weighted by molar-refractivity contribution is 0.429. The lowest BCUT2D eigenvalue weighted by Crippen LogP contribution is -2.35. The van der Waals surface area contributed by atoms with Gasteiger partial charge >= 0.3 is 0 Å². The minimum atomic E-state index is 0.677. The fourth-order valence-electron chi connectivity index (χ4n) is 4.07. The Bertz CT molecular complexity index is 614. The molecule has 1 saturated heterocycles. The van der Waals surface area contributed by atoms with Gasteiger partial charge in [0, 0.05) is 19.6 Å². The molecule has 0 amide bonds. The average Bonchev–Trinajstić information content (AvgIpc) is 3.18. The third-order valence-electron chi connectivity index (χ3n) is 5.02. The normalized spacial score (nSPS) is 24.1. The van der Waals surface area contributed by atoms with E-state index < -0.39 is 0 Å². The number of nitrogens with zero attached hydrogens (tertiary/aromatic N) is 5. The number of anilines is 1. The molecule has 0 radical (unpaired) electrons. The zero-order valence-corrected chi connectivity index (χ0v) is 12.0. The second-order valence-electron chi connectivity index (χ2n) is 6.15. The largest absolute Gasteiger partial charge is 0.353 e. The zero-order valence-electron chi connectivity index (χ0n) is 12.0. The second-order valence-corrected chi connectivity index (χ2v) is 6.15. The number of hydrogen-bond acceptors (Lipinski definition) is 4.